The van der Waals surface area contributed by atoms with Crippen molar-refractivity contribution in [2.45, 2.75) is 37.8 Å². The highest BCUT2D eigenvalue weighted by Crippen LogP contribution is 2.30. The Morgan fingerprint density at radius 1 is 1.33 bits per heavy atom. The van der Waals surface area contributed by atoms with E-state index in [9.17, 15) is 5.11 Å². The zero-order valence-corrected chi connectivity index (χ0v) is 11.2. The highest BCUT2D eigenvalue weighted by molar-refractivity contribution is 5.23. The normalized spacial score (nSPS) is 18.9. The molecule has 1 atom stereocenters. The standard InChI is InChI=1S/C15H24N2O/c1-2-10-17(14-8-9-14)12-15(18,11-16)13-6-4-3-5-7-13/h3-7,14,18H,2,8-12,16H2,1H3. The van der Waals surface area contributed by atoms with Crippen molar-refractivity contribution in [3.63, 3.8) is 0 Å². The van der Waals surface area contributed by atoms with Gasteiger partial charge in [0.2, 0.25) is 0 Å². The second-order valence-electron chi connectivity index (χ2n) is 5.30. The lowest BCUT2D eigenvalue weighted by Crippen LogP contribution is -2.47. The number of nitrogens with zero attached hydrogens (tertiary/aromatic N) is 1. The lowest BCUT2D eigenvalue weighted by atomic mass is 9.93. The SMILES string of the molecule is CCCN(CC(O)(CN)c1ccccc1)C1CC1. The van der Waals surface area contributed by atoms with Crippen molar-refractivity contribution in [1.82, 2.24) is 4.90 Å². The summed E-state index contributed by atoms with van der Waals surface area (Å²) in [6.45, 7) is 4.13. The van der Waals surface area contributed by atoms with E-state index in [0.29, 0.717) is 12.6 Å². The number of hydrogen-bond acceptors (Lipinski definition) is 3. The third kappa shape index (κ3) is 3.10. The number of nitrogens with two attached hydrogens (primary N) is 1. The molecule has 0 aliphatic heterocycles. The molecule has 3 heteroatoms. The zero-order valence-electron chi connectivity index (χ0n) is 11.2. The maximum Gasteiger partial charge on any atom is 0.114 e. The van der Waals surface area contributed by atoms with Crippen LogP contribution < -0.4 is 5.73 Å². The monoisotopic (exact) mass is 248 g/mol. The van der Waals surface area contributed by atoms with Crippen LogP contribution in [0.4, 0.5) is 0 Å². The summed E-state index contributed by atoms with van der Waals surface area (Å²) in [5.41, 5.74) is 5.83. The molecule has 3 N–H and O–H groups in total. The molecule has 0 radical (unpaired) electrons. The van der Waals surface area contributed by atoms with Gasteiger partial charge in [-0.25, -0.2) is 0 Å². The van der Waals surface area contributed by atoms with Crippen LogP contribution in [-0.4, -0.2) is 35.7 Å². The van der Waals surface area contributed by atoms with Crippen molar-refractivity contribution in [3.8, 4) is 0 Å². The fourth-order valence-corrected chi connectivity index (χ4v) is 2.48. The first kappa shape index (κ1) is 13.5. The summed E-state index contributed by atoms with van der Waals surface area (Å²) >= 11 is 0. The second kappa shape index (κ2) is 5.83. The molecule has 1 fully saturated rings. The van der Waals surface area contributed by atoms with Crippen LogP contribution in [0.25, 0.3) is 0 Å². The van der Waals surface area contributed by atoms with E-state index in [1.54, 1.807) is 0 Å². The van der Waals surface area contributed by atoms with E-state index in [-0.39, 0.29) is 6.54 Å². The minimum atomic E-state index is -0.918. The maximum absolute atomic E-state index is 10.8. The van der Waals surface area contributed by atoms with Gasteiger partial charge in [0, 0.05) is 19.1 Å². The lowest BCUT2D eigenvalue weighted by Gasteiger charge is -2.34. The summed E-state index contributed by atoms with van der Waals surface area (Å²) in [5, 5.41) is 10.8. The van der Waals surface area contributed by atoms with Crippen LogP contribution in [0, 0.1) is 0 Å². The van der Waals surface area contributed by atoms with Crippen molar-refractivity contribution in [2.24, 2.45) is 5.73 Å². The Balaban J connectivity index is 2.11. The topological polar surface area (TPSA) is 49.5 Å². The number of rotatable bonds is 7. The van der Waals surface area contributed by atoms with Gasteiger partial charge in [-0.05, 0) is 31.4 Å². The van der Waals surface area contributed by atoms with Gasteiger partial charge in [-0.3, -0.25) is 4.90 Å². The van der Waals surface area contributed by atoms with Crippen molar-refractivity contribution in [3.05, 3.63) is 35.9 Å². The van der Waals surface area contributed by atoms with Gasteiger partial charge in [0.1, 0.15) is 5.60 Å². The molecule has 1 aliphatic carbocycles. The van der Waals surface area contributed by atoms with Crippen LogP contribution in [0.1, 0.15) is 31.7 Å². The highest BCUT2D eigenvalue weighted by atomic mass is 16.3. The fourth-order valence-electron chi connectivity index (χ4n) is 2.48. The summed E-state index contributed by atoms with van der Waals surface area (Å²) in [6, 6.07) is 10.5. The summed E-state index contributed by atoms with van der Waals surface area (Å²) in [6.07, 6.45) is 3.64. The van der Waals surface area contributed by atoms with E-state index in [2.05, 4.69) is 11.8 Å². The van der Waals surface area contributed by atoms with Gasteiger partial charge in [-0.1, -0.05) is 37.3 Å². The van der Waals surface area contributed by atoms with Crippen LogP contribution in [0.3, 0.4) is 0 Å². The Bertz CT molecular complexity index is 364. The van der Waals surface area contributed by atoms with Crippen LogP contribution in [0.5, 0.6) is 0 Å². The Morgan fingerprint density at radius 2 is 2.00 bits per heavy atom. The molecule has 2 rings (SSSR count). The van der Waals surface area contributed by atoms with Gasteiger partial charge in [-0.2, -0.15) is 0 Å². The van der Waals surface area contributed by atoms with Crippen LogP contribution in [-0.2, 0) is 5.60 Å². The Morgan fingerprint density at radius 3 is 2.50 bits per heavy atom. The molecule has 1 unspecified atom stereocenters. The van der Waals surface area contributed by atoms with E-state index in [1.807, 2.05) is 30.3 Å². The molecule has 1 aromatic carbocycles. The summed E-state index contributed by atoms with van der Waals surface area (Å²) < 4.78 is 0. The fraction of sp³-hybridized carbons (Fsp3) is 0.600. The molecule has 1 aromatic rings. The van der Waals surface area contributed by atoms with Gasteiger partial charge in [0.05, 0.1) is 0 Å². The first-order valence-corrected chi connectivity index (χ1v) is 6.91. The second-order valence-corrected chi connectivity index (χ2v) is 5.30. The van der Waals surface area contributed by atoms with Crippen LogP contribution in [0.15, 0.2) is 30.3 Å². The van der Waals surface area contributed by atoms with Crippen molar-refractivity contribution >= 4 is 0 Å². The molecule has 1 saturated carbocycles. The van der Waals surface area contributed by atoms with Crippen molar-refractivity contribution < 1.29 is 5.11 Å². The van der Waals surface area contributed by atoms with Crippen LogP contribution >= 0.6 is 0 Å². The molecule has 0 aromatic heterocycles. The summed E-state index contributed by atoms with van der Waals surface area (Å²) in [4.78, 5) is 2.39. The van der Waals surface area contributed by atoms with Crippen LogP contribution in [0.2, 0.25) is 0 Å². The smallest absolute Gasteiger partial charge is 0.114 e. The van der Waals surface area contributed by atoms with E-state index in [1.165, 1.54) is 12.8 Å². The van der Waals surface area contributed by atoms with E-state index >= 15 is 0 Å². The first-order chi connectivity index (χ1) is 8.69. The Kier molecular flexibility index (Phi) is 4.38. The van der Waals surface area contributed by atoms with Gasteiger partial charge < -0.3 is 10.8 Å². The average Bonchev–Trinajstić information content (AvgIpc) is 3.23. The van der Waals surface area contributed by atoms with Gasteiger partial charge >= 0.3 is 0 Å². The predicted octanol–water partition coefficient (Wildman–Crippen LogP) is 1.71. The molecule has 18 heavy (non-hydrogen) atoms. The third-order valence-electron chi connectivity index (χ3n) is 3.69. The Labute approximate surface area is 110 Å². The molecule has 0 amide bonds. The maximum atomic E-state index is 10.8. The van der Waals surface area contributed by atoms with Crippen molar-refractivity contribution in [1.29, 1.82) is 0 Å². The van der Waals surface area contributed by atoms with Gasteiger partial charge in [0.15, 0.2) is 0 Å². The minimum Gasteiger partial charge on any atom is -0.382 e. The quantitative estimate of drug-likeness (QED) is 0.772. The largest absolute Gasteiger partial charge is 0.382 e. The molecule has 0 heterocycles. The highest BCUT2D eigenvalue weighted by Gasteiger charge is 2.36. The van der Waals surface area contributed by atoms with Gasteiger partial charge in [0.25, 0.3) is 0 Å². The average molecular weight is 248 g/mol. The number of hydrogen-bond donors (Lipinski definition) is 2. The molecule has 0 saturated heterocycles. The van der Waals surface area contributed by atoms with E-state index < -0.39 is 5.60 Å². The molecule has 0 spiro atoms. The lowest BCUT2D eigenvalue weighted by molar-refractivity contribution is 0.00420. The van der Waals surface area contributed by atoms with Gasteiger partial charge in [-0.15, -0.1) is 0 Å². The van der Waals surface area contributed by atoms with E-state index in [0.717, 1.165) is 18.5 Å². The summed E-state index contributed by atoms with van der Waals surface area (Å²) in [7, 11) is 0. The molecule has 3 nitrogen and oxygen atoms in total. The number of benzene rings is 1. The number of aliphatic hydroxyl groups is 1. The molecule has 0 bridgehead atoms. The summed E-state index contributed by atoms with van der Waals surface area (Å²) in [5.74, 6) is 0. The minimum absolute atomic E-state index is 0.268. The first-order valence-electron chi connectivity index (χ1n) is 6.91. The van der Waals surface area contributed by atoms with E-state index in [4.69, 9.17) is 5.73 Å². The van der Waals surface area contributed by atoms with Crippen molar-refractivity contribution in [2.75, 3.05) is 19.6 Å². The Hall–Kier alpha value is -0.900. The predicted molar refractivity (Wildman–Crippen MR) is 74.3 cm³/mol. The zero-order chi connectivity index (χ0) is 13.0. The molecule has 1 aliphatic rings. The molecular formula is C15H24N2O. The molecular weight excluding hydrogens is 224 g/mol. The third-order valence-corrected chi connectivity index (χ3v) is 3.69. The molecule has 100 valence electrons.